The standard InChI is InChI=1S/C11H17N3O4S/c1-14(2)11-9(5-3-7-12-11)13-19(17,18)8-4-6-10(15)16/h3,5,7,13H,4,6,8H2,1-2H3,(H,15,16). The average Bonchev–Trinajstić information content (AvgIpc) is 2.27. The number of rotatable bonds is 7. The fourth-order valence-corrected chi connectivity index (χ4v) is 2.59. The number of aliphatic carboxylic acids is 1. The number of carboxylic acid groups (broad SMARTS) is 1. The Kier molecular flexibility index (Phi) is 5.11. The van der Waals surface area contributed by atoms with Crippen LogP contribution in [0, 0.1) is 0 Å². The second kappa shape index (κ2) is 6.37. The minimum atomic E-state index is -3.57. The Morgan fingerprint density at radius 3 is 2.74 bits per heavy atom. The molecule has 2 N–H and O–H groups in total. The van der Waals surface area contributed by atoms with Crippen LogP contribution in [0.15, 0.2) is 18.3 Å². The topological polar surface area (TPSA) is 99.6 Å². The maximum absolute atomic E-state index is 11.8. The zero-order valence-corrected chi connectivity index (χ0v) is 11.6. The maximum atomic E-state index is 11.8. The van der Waals surface area contributed by atoms with Crippen molar-refractivity contribution >= 4 is 27.5 Å². The molecule has 0 fully saturated rings. The molecular formula is C11H17N3O4S. The highest BCUT2D eigenvalue weighted by Crippen LogP contribution is 2.21. The van der Waals surface area contributed by atoms with Crippen molar-refractivity contribution in [3.63, 3.8) is 0 Å². The van der Waals surface area contributed by atoms with Gasteiger partial charge in [-0.1, -0.05) is 0 Å². The van der Waals surface area contributed by atoms with Crippen LogP contribution in [-0.4, -0.2) is 44.3 Å². The highest BCUT2D eigenvalue weighted by molar-refractivity contribution is 7.92. The summed E-state index contributed by atoms with van der Waals surface area (Å²) in [6.07, 6.45) is 1.47. The van der Waals surface area contributed by atoms with E-state index in [1.54, 1.807) is 37.3 Å². The molecule has 0 bridgehead atoms. The molecule has 7 nitrogen and oxygen atoms in total. The molecule has 0 aromatic carbocycles. The van der Waals surface area contributed by atoms with Crippen LogP contribution in [0.2, 0.25) is 0 Å². The lowest BCUT2D eigenvalue weighted by Crippen LogP contribution is -2.20. The summed E-state index contributed by atoms with van der Waals surface area (Å²) in [5.41, 5.74) is 0.378. The van der Waals surface area contributed by atoms with Crippen LogP contribution in [0.3, 0.4) is 0 Å². The van der Waals surface area contributed by atoms with Crippen molar-refractivity contribution < 1.29 is 18.3 Å². The van der Waals surface area contributed by atoms with Crippen LogP contribution in [-0.2, 0) is 14.8 Å². The first kappa shape index (κ1) is 15.2. The van der Waals surface area contributed by atoms with Crippen molar-refractivity contribution in [2.75, 3.05) is 29.5 Å². The molecule has 0 amide bonds. The number of carbonyl (C=O) groups is 1. The first-order valence-electron chi connectivity index (χ1n) is 5.66. The predicted octanol–water partition coefficient (Wildman–Crippen LogP) is 0.754. The Labute approximate surface area is 112 Å². The second-order valence-corrected chi connectivity index (χ2v) is 6.03. The quantitative estimate of drug-likeness (QED) is 0.768. The van der Waals surface area contributed by atoms with Gasteiger partial charge in [-0.25, -0.2) is 13.4 Å². The van der Waals surface area contributed by atoms with Gasteiger partial charge in [-0.2, -0.15) is 0 Å². The largest absolute Gasteiger partial charge is 0.481 e. The summed E-state index contributed by atoms with van der Waals surface area (Å²) in [6, 6.07) is 3.24. The number of sulfonamides is 1. The molecule has 0 aliphatic carbocycles. The number of hydrogen-bond acceptors (Lipinski definition) is 5. The van der Waals surface area contributed by atoms with Crippen molar-refractivity contribution in [1.82, 2.24) is 4.98 Å². The van der Waals surface area contributed by atoms with Crippen LogP contribution < -0.4 is 9.62 Å². The first-order valence-corrected chi connectivity index (χ1v) is 7.31. The average molecular weight is 287 g/mol. The van der Waals surface area contributed by atoms with Crippen molar-refractivity contribution in [2.24, 2.45) is 0 Å². The number of carboxylic acids is 1. The molecule has 0 saturated heterocycles. The van der Waals surface area contributed by atoms with E-state index in [1.165, 1.54) is 0 Å². The van der Waals surface area contributed by atoms with Gasteiger partial charge in [0.25, 0.3) is 0 Å². The lowest BCUT2D eigenvalue weighted by atomic mass is 10.3. The summed E-state index contributed by atoms with van der Waals surface area (Å²) in [6.45, 7) is 0. The highest BCUT2D eigenvalue weighted by atomic mass is 32.2. The maximum Gasteiger partial charge on any atom is 0.303 e. The molecule has 8 heteroatoms. The Morgan fingerprint density at radius 1 is 1.47 bits per heavy atom. The molecule has 0 atom stereocenters. The summed E-state index contributed by atoms with van der Waals surface area (Å²) < 4.78 is 26.0. The molecular weight excluding hydrogens is 270 g/mol. The van der Waals surface area contributed by atoms with E-state index in [1.807, 2.05) is 0 Å². The molecule has 1 aromatic heterocycles. The Hall–Kier alpha value is -1.83. The number of hydrogen-bond donors (Lipinski definition) is 2. The summed E-state index contributed by atoms with van der Waals surface area (Å²) in [5.74, 6) is -0.740. The van der Waals surface area contributed by atoms with Gasteiger partial charge in [-0.05, 0) is 18.6 Å². The Balaban J connectivity index is 2.75. The van der Waals surface area contributed by atoms with Gasteiger partial charge >= 0.3 is 5.97 Å². The van der Waals surface area contributed by atoms with E-state index in [-0.39, 0.29) is 18.6 Å². The molecule has 0 radical (unpaired) electrons. The summed E-state index contributed by atoms with van der Waals surface area (Å²) in [4.78, 5) is 16.1. The van der Waals surface area contributed by atoms with Crippen LogP contribution in [0.25, 0.3) is 0 Å². The number of anilines is 2. The third kappa shape index (κ3) is 5.12. The molecule has 0 aliphatic heterocycles. The molecule has 0 saturated carbocycles. The molecule has 0 unspecified atom stereocenters. The fraction of sp³-hybridized carbons (Fsp3) is 0.455. The number of pyridine rings is 1. The van der Waals surface area contributed by atoms with Crippen LogP contribution in [0.1, 0.15) is 12.8 Å². The SMILES string of the molecule is CN(C)c1ncccc1NS(=O)(=O)CCCC(=O)O. The Morgan fingerprint density at radius 2 is 2.16 bits per heavy atom. The van der Waals surface area contributed by atoms with Crippen LogP contribution >= 0.6 is 0 Å². The normalized spacial score (nSPS) is 11.1. The first-order chi connectivity index (χ1) is 8.82. The molecule has 106 valence electrons. The van der Waals surface area contributed by atoms with Gasteiger partial charge < -0.3 is 10.0 Å². The Bertz CT molecular complexity index is 543. The van der Waals surface area contributed by atoms with Gasteiger partial charge in [-0.15, -0.1) is 0 Å². The van der Waals surface area contributed by atoms with Crippen molar-refractivity contribution in [2.45, 2.75) is 12.8 Å². The zero-order chi connectivity index (χ0) is 14.5. The van der Waals surface area contributed by atoms with Gasteiger partial charge in [0.15, 0.2) is 5.82 Å². The van der Waals surface area contributed by atoms with Crippen LogP contribution in [0.4, 0.5) is 11.5 Å². The summed E-state index contributed by atoms with van der Waals surface area (Å²) in [5, 5.41) is 8.49. The number of nitrogens with zero attached hydrogens (tertiary/aromatic N) is 2. The van der Waals surface area contributed by atoms with E-state index < -0.39 is 16.0 Å². The van der Waals surface area contributed by atoms with Gasteiger partial charge in [0.05, 0.1) is 11.4 Å². The van der Waals surface area contributed by atoms with E-state index in [0.29, 0.717) is 11.5 Å². The molecule has 1 heterocycles. The van der Waals surface area contributed by atoms with Gasteiger partial charge in [0.2, 0.25) is 10.0 Å². The minimum Gasteiger partial charge on any atom is -0.481 e. The van der Waals surface area contributed by atoms with Crippen molar-refractivity contribution in [1.29, 1.82) is 0 Å². The van der Waals surface area contributed by atoms with Gasteiger partial charge in [0, 0.05) is 26.7 Å². The zero-order valence-electron chi connectivity index (χ0n) is 10.8. The summed E-state index contributed by atoms with van der Waals surface area (Å²) >= 11 is 0. The lowest BCUT2D eigenvalue weighted by molar-refractivity contribution is -0.137. The number of nitrogens with one attached hydrogen (secondary N) is 1. The molecule has 0 aliphatic rings. The van der Waals surface area contributed by atoms with Crippen molar-refractivity contribution in [3.8, 4) is 0 Å². The lowest BCUT2D eigenvalue weighted by Gasteiger charge is -2.16. The van der Waals surface area contributed by atoms with E-state index >= 15 is 0 Å². The fourth-order valence-electron chi connectivity index (χ4n) is 1.46. The highest BCUT2D eigenvalue weighted by Gasteiger charge is 2.14. The molecule has 19 heavy (non-hydrogen) atoms. The third-order valence-electron chi connectivity index (χ3n) is 2.28. The van der Waals surface area contributed by atoms with Crippen LogP contribution in [0.5, 0.6) is 0 Å². The number of aromatic nitrogens is 1. The van der Waals surface area contributed by atoms with Gasteiger partial charge in [-0.3, -0.25) is 9.52 Å². The third-order valence-corrected chi connectivity index (χ3v) is 3.64. The molecule has 0 spiro atoms. The van der Waals surface area contributed by atoms with E-state index in [4.69, 9.17) is 5.11 Å². The monoisotopic (exact) mass is 287 g/mol. The minimum absolute atomic E-state index is 0.0717. The van der Waals surface area contributed by atoms with E-state index in [0.717, 1.165) is 0 Å². The van der Waals surface area contributed by atoms with Gasteiger partial charge in [0.1, 0.15) is 0 Å². The molecule has 1 aromatic rings. The second-order valence-electron chi connectivity index (χ2n) is 4.19. The van der Waals surface area contributed by atoms with E-state index in [2.05, 4.69) is 9.71 Å². The van der Waals surface area contributed by atoms with E-state index in [9.17, 15) is 13.2 Å². The molecule has 1 rings (SSSR count). The van der Waals surface area contributed by atoms with Crippen molar-refractivity contribution in [3.05, 3.63) is 18.3 Å². The smallest absolute Gasteiger partial charge is 0.303 e. The summed E-state index contributed by atoms with van der Waals surface area (Å²) in [7, 11) is -0.0573. The predicted molar refractivity (Wildman–Crippen MR) is 72.8 cm³/mol.